The van der Waals surface area contributed by atoms with Gasteiger partial charge in [0.25, 0.3) is 0 Å². The van der Waals surface area contributed by atoms with Crippen LogP contribution in [0.5, 0.6) is 0 Å². The summed E-state index contributed by atoms with van der Waals surface area (Å²) in [6.07, 6.45) is 5.96. The van der Waals surface area contributed by atoms with Crippen molar-refractivity contribution >= 4 is 5.82 Å². The number of hydrogen-bond donors (Lipinski definition) is 1. The lowest BCUT2D eigenvalue weighted by Crippen LogP contribution is -2.59. The van der Waals surface area contributed by atoms with Crippen molar-refractivity contribution in [1.29, 1.82) is 0 Å². The molecule has 4 nitrogen and oxygen atoms in total. The van der Waals surface area contributed by atoms with Gasteiger partial charge in [0.2, 0.25) is 0 Å². The summed E-state index contributed by atoms with van der Waals surface area (Å²) in [6, 6.07) is 5.50. The summed E-state index contributed by atoms with van der Waals surface area (Å²) in [5.74, 6) is 1.09. The molecule has 0 aromatic carbocycles. The maximum Gasteiger partial charge on any atom is 0.129 e. The Hall–Kier alpha value is -1.13. The average molecular weight is 274 g/mol. The molecule has 0 saturated carbocycles. The molecule has 2 N–H and O–H groups in total. The lowest BCUT2D eigenvalue weighted by Gasteiger charge is -2.48. The second-order valence-corrected chi connectivity index (χ2v) is 6.38. The van der Waals surface area contributed by atoms with E-state index in [1.54, 1.807) is 0 Å². The molecule has 2 aliphatic heterocycles. The maximum absolute atomic E-state index is 6.00. The number of piperazine rings is 1. The number of hydrogen-bond acceptors (Lipinski definition) is 4. The third-order valence-corrected chi connectivity index (χ3v) is 4.78. The standard InChI is InChI=1S/C16H26N4/c1-12-10-19-8-4-3-5-15(19)11-20(12)16-9-14(13(2)17)6-7-18-16/h6-7,9,12-13,15H,3-5,8,10-11,17H2,1-2H3. The van der Waals surface area contributed by atoms with Crippen LogP contribution in [0.3, 0.4) is 0 Å². The van der Waals surface area contributed by atoms with Crippen molar-refractivity contribution in [3.05, 3.63) is 23.9 Å². The highest BCUT2D eigenvalue weighted by atomic mass is 15.3. The summed E-state index contributed by atoms with van der Waals surface area (Å²) in [5, 5.41) is 0. The van der Waals surface area contributed by atoms with Gasteiger partial charge in [-0.1, -0.05) is 6.42 Å². The number of nitrogens with zero attached hydrogens (tertiary/aromatic N) is 3. The smallest absolute Gasteiger partial charge is 0.129 e. The fourth-order valence-corrected chi connectivity index (χ4v) is 3.55. The van der Waals surface area contributed by atoms with Gasteiger partial charge in [0.1, 0.15) is 5.82 Å². The summed E-state index contributed by atoms with van der Waals surface area (Å²) in [5.41, 5.74) is 7.17. The van der Waals surface area contributed by atoms with E-state index in [9.17, 15) is 0 Å². The van der Waals surface area contributed by atoms with E-state index in [0.29, 0.717) is 12.1 Å². The van der Waals surface area contributed by atoms with Crippen LogP contribution in [0.4, 0.5) is 5.82 Å². The molecule has 3 unspecified atom stereocenters. The van der Waals surface area contributed by atoms with E-state index in [2.05, 4.69) is 27.8 Å². The van der Waals surface area contributed by atoms with Gasteiger partial charge in [0.15, 0.2) is 0 Å². The molecular formula is C16H26N4. The van der Waals surface area contributed by atoms with Crippen molar-refractivity contribution in [3.8, 4) is 0 Å². The van der Waals surface area contributed by atoms with Crippen molar-refractivity contribution in [2.45, 2.75) is 51.2 Å². The first-order valence-electron chi connectivity index (χ1n) is 7.87. The zero-order chi connectivity index (χ0) is 14.1. The van der Waals surface area contributed by atoms with Crippen LogP contribution in [-0.4, -0.2) is 41.6 Å². The maximum atomic E-state index is 6.00. The number of nitrogens with two attached hydrogens (primary N) is 1. The van der Waals surface area contributed by atoms with E-state index >= 15 is 0 Å². The SMILES string of the molecule is CC(N)c1ccnc(N2CC3CCCCN3CC2C)c1. The predicted molar refractivity (Wildman–Crippen MR) is 82.9 cm³/mol. The zero-order valence-electron chi connectivity index (χ0n) is 12.6. The molecule has 2 fully saturated rings. The third kappa shape index (κ3) is 2.67. The zero-order valence-corrected chi connectivity index (χ0v) is 12.6. The summed E-state index contributed by atoms with van der Waals surface area (Å²) in [7, 11) is 0. The van der Waals surface area contributed by atoms with Crippen LogP contribution in [0.25, 0.3) is 0 Å². The van der Waals surface area contributed by atoms with E-state index in [4.69, 9.17) is 5.73 Å². The molecule has 0 bridgehead atoms. The highest BCUT2D eigenvalue weighted by molar-refractivity contribution is 5.44. The summed E-state index contributed by atoms with van der Waals surface area (Å²) >= 11 is 0. The minimum atomic E-state index is 0.0722. The van der Waals surface area contributed by atoms with Gasteiger partial charge in [-0.25, -0.2) is 4.98 Å². The number of anilines is 1. The van der Waals surface area contributed by atoms with Gasteiger partial charge < -0.3 is 10.6 Å². The Morgan fingerprint density at radius 2 is 2.20 bits per heavy atom. The molecule has 1 aromatic rings. The number of rotatable bonds is 2. The van der Waals surface area contributed by atoms with Gasteiger partial charge in [-0.3, -0.25) is 4.90 Å². The number of aromatic nitrogens is 1. The number of piperidine rings is 1. The van der Waals surface area contributed by atoms with Crippen LogP contribution in [0.2, 0.25) is 0 Å². The molecule has 0 aliphatic carbocycles. The first kappa shape index (κ1) is 13.8. The minimum Gasteiger partial charge on any atom is -0.351 e. The summed E-state index contributed by atoms with van der Waals surface area (Å²) in [6.45, 7) is 7.88. The highest BCUT2D eigenvalue weighted by Gasteiger charge is 2.33. The van der Waals surface area contributed by atoms with E-state index < -0.39 is 0 Å². The van der Waals surface area contributed by atoms with E-state index in [0.717, 1.165) is 18.9 Å². The molecule has 3 rings (SSSR count). The first-order valence-corrected chi connectivity index (χ1v) is 7.87. The van der Waals surface area contributed by atoms with Crippen LogP contribution in [-0.2, 0) is 0 Å². The summed E-state index contributed by atoms with van der Waals surface area (Å²) < 4.78 is 0. The van der Waals surface area contributed by atoms with Gasteiger partial charge in [-0.15, -0.1) is 0 Å². The third-order valence-electron chi connectivity index (χ3n) is 4.78. The summed E-state index contributed by atoms with van der Waals surface area (Å²) in [4.78, 5) is 9.72. The van der Waals surface area contributed by atoms with Gasteiger partial charge in [-0.05, 0) is 50.9 Å². The Labute approximate surface area is 122 Å². The quantitative estimate of drug-likeness (QED) is 0.897. The van der Waals surface area contributed by atoms with Crippen LogP contribution in [0, 0.1) is 0 Å². The molecule has 20 heavy (non-hydrogen) atoms. The van der Waals surface area contributed by atoms with Crippen molar-refractivity contribution in [2.24, 2.45) is 5.73 Å². The molecule has 3 atom stereocenters. The van der Waals surface area contributed by atoms with Gasteiger partial charge in [0, 0.05) is 37.4 Å². The van der Waals surface area contributed by atoms with Gasteiger partial charge >= 0.3 is 0 Å². The lowest BCUT2D eigenvalue weighted by molar-refractivity contribution is 0.115. The molecule has 0 amide bonds. The van der Waals surface area contributed by atoms with Crippen molar-refractivity contribution < 1.29 is 0 Å². The van der Waals surface area contributed by atoms with Crippen LogP contribution in [0.1, 0.15) is 44.7 Å². The fraction of sp³-hybridized carbons (Fsp3) is 0.688. The Morgan fingerprint density at radius 3 is 3.00 bits per heavy atom. The normalized spacial score (nSPS) is 29.1. The van der Waals surface area contributed by atoms with E-state index in [1.807, 2.05) is 19.2 Å². The van der Waals surface area contributed by atoms with Gasteiger partial charge in [0.05, 0.1) is 0 Å². The molecule has 3 heterocycles. The molecule has 0 radical (unpaired) electrons. The van der Waals surface area contributed by atoms with Crippen LogP contribution in [0.15, 0.2) is 18.3 Å². The molecule has 0 spiro atoms. The van der Waals surface area contributed by atoms with Crippen molar-refractivity contribution in [2.75, 3.05) is 24.5 Å². The predicted octanol–water partition coefficient (Wildman–Crippen LogP) is 2.16. The van der Waals surface area contributed by atoms with Gasteiger partial charge in [-0.2, -0.15) is 0 Å². The Bertz CT molecular complexity index is 460. The van der Waals surface area contributed by atoms with Crippen molar-refractivity contribution in [3.63, 3.8) is 0 Å². The monoisotopic (exact) mass is 274 g/mol. The highest BCUT2D eigenvalue weighted by Crippen LogP contribution is 2.27. The Morgan fingerprint density at radius 1 is 1.35 bits per heavy atom. The lowest BCUT2D eigenvalue weighted by atomic mass is 9.97. The number of fused-ring (bicyclic) bond motifs is 1. The molecule has 4 heteroatoms. The molecular weight excluding hydrogens is 248 g/mol. The van der Waals surface area contributed by atoms with E-state index in [-0.39, 0.29) is 6.04 Å². The van der Waals surface area contributed by atoms with E-state index in [1.165, 1.54) is 31.4 Å². The largest absolute Gasteiger partial charge is 0.351 e. The Balaban J connectivity index is 1.80. The Kier molecular flexibility index (Phi) is 3.94. The molecule has 1 aromatic heterocycles. The molecule has 2 aliphatic rings. The second kappa shape index (κ2) is 5.70. The van der Waals surface area contributed by atoms with Crippen molar-refractivity contribution in [1.82, 2.24) is 9.88 Å². The number of pyridine rings is 1. The molecule has 2 saturated heterocycles. The minimum absolute atomic E-state index is 0.0722. The van der Waals surface area contributed by atoms with Crippen LogP contribution < -0.4 is 10.6 Å². The van der Waals surface area contributed by atoms with Crippen LogP contribution >= 0.6 is 0 Å². The first-order chi connectivity index (χ1) is 9.65. The molecule has 110 valence electrons. The fourth-order valence-electron chi connectivity index (χ4n) is 3.55. The average Bonchev–Trinajstić information content (AvgIpc) is 2.46. The second-order valence-electron chi connectivity index (χ2n) is 6.38. The topological polar surface area (TPSA) is 45.4 Å².